The van der Waals surface area contributed by atoms with Gasteiger partial charge in [0.1, 0.15) is 0 Å². The lowest BCUT2D eigenvalue weighted by molar-refractivity contribution is 0.348. The Morgan fingerprint density at radius 1 is 1.64 bits per heavy atom. The Kier molecular flexibility index (Phi) is 2.43. The summed E-state index contributed by atoms with van der Waals surface area (Å²) in [5, 5.41) is 3.43. The van der Waals surface area contributed by atoms with Crippen molar-refractivity contribution in [2.24, 2.45) is 5.73 Å². The quantitative estimate of drug-likeness (QED) is 0.663. The molecule has 0 fully saturated rings. The largest absolute Gasteiger partial charge is 0.365 e. The Hall–Kier alpha value is -1.10. The number of aromatic nitrogens is 2. The maximum absolute atomic E-state index is 5.67. The van der Waals surface area contributed by atoms with E-state index in [9.17, 15) is 0 Å². The third-order valence-corrected chi connectivity index (χ3v) is 1.37. The molecule has 0 aromatic carbocycles. The van der Waals surface area contributed by atoms with Gasteiger partial charge in [-0.25, -0.2) is 0 Å². The fourth-order valence-corrected chi connectivity index (χ4v) is 0.832. The lowest BCUT2D eigenvalue weighted by Gasteiger charge is -2.01. The van der Waals surface area contributed by atoms with Crippen LogP contribution < -0.4 is 11.5 Å². The molecule has 0 saturated carbocycles. The van der Waals surface area contributed by atoms with Crippen LogP contribution in [0.4, 0.5) is 5.95 Å². The Labute approximate surface area is 64.8 Å². The molecule has 1 heterocycles. The second-order valence-electron chi connectivity index (χ2n) is 2.39. The summed E-state index contributed by atoms with van der Waals surface area (Å²) < 4.78 is 4.77. The van der Waals surface area contributed by atoms with E-state index in [0.29, 0.717) is 5.89 Å². The third kappa shape index (κ3) is 1.91. The highest BCUT2D eigenvalue weighted by atomic mass is 16.5. The molecular formula is C6H12N4O. The number of nitrogens with two attached hydrogens (primary N) is 2. The molecule has 1 rings (SSSR count). The molecule has 5 heteroatoms. The fraction of sp³-hybridized carbons (Fsp3) is 0.667. The average Bonchev–Trinajstić information content (AvgIpc) is 2.36. The van der Waals surface area contributed by atoms with Gasteiger partial charge in [-0.3, -0.25) is 0 Å². The van der Waals surface area contributed by atoms with Crippen molar-refractivity contribution in [1.29, 1.82) is 0 Å². The third-order valence-electron chi connectivity index (χ3n) is 1.37. The van der Waals surface area contributed by atoms with Gasteiger partial charge in [-0.2, -0.15) is 4.98 Å². The molecule has 0 bridgehead atoms. The van der Waals surface area contributed by atoms with Gasteiger partial charge in [0.25, 0.3) is 5.95 Å². The average molecular weight is 156 g/mol. The maximum atomic E-state index is 5.67. The summed E-state index contributed by atoms with van der Waals surface area (Å²) >= 11 is 0. The molecule has 5 nitrogen and oxygen atoms in total. The Morgan fingerprint density at radius 3 is 2.82 bits per heavy atom. The van der Waals surface area contributed by atoms with E-state index in [0.717, 1.165) is 12.8 Å². The summed E-state index contributed by atoms with van der Waals surface area (Å²) in [6, 6.07) is -0.176. The summed E-state index contributed by atoms with van der Waals surface area (Å²) in [7, 11) is 0. The van der Waals surface area contributed by atoms with Gasteiger partial charge < -0.3 is 16.0 Å². The highest BCUT2D eigenvalue weighted by Gasteiger charge is 2.11. The molecular weight excluding hydrogens is 144 g/mol. The molecule has 0 saturated heterocycles. The van der Waals surface area contributed by atoms with Crippen LogP contribution in [0.2, 0.25) is 0 Å². The van der Waals surface area contributed by atoms with E-state index in [1.54, 1.807) is 0 Å². The molecule has 0 aliphatic heterocycles. The second-order valence-corrected chi connectivity index (χ2v) is 2.39. The highest BCUT2D eigenvalue weighted by Crippen LogP contribution is 2.13. The van der Waals surface area contributed by atoms with E-state index in [4.69, 9.17) is 16.0 Å². The minimum atomic E-state index is -0.176. The van der Waals surface area contributed by atoms with Gasteiger partial charge in [0.05, 0.1) is 6.04 Å². The van der Waals surface area contributed by atoms with E-state index in [1.165, 1.54) is 0 Å². The summed E-state index contributed by atoms with van der Waals surface area (Å²) in [6.07, 6.45) is 1.82. The van der Waals surface area contributed by atoms with Crippen LogP contribution in [0.25, 0.3) is 0 Å². The van der Waals surface area contributed by atoms with Crippen molar-refractivity contribution in [3.05, 3.63) is 5.89 Å². The van der Waals surface area contributed by atoms with Crippen LogP contribution in [0.15, 0.2) is 4.52 Å². The van der Waals surface area contributed by atoms with Crippen LogP contribution in [0.3, 0.4) is 0 Å². The summed E-state index contributed by atoms with van der Waals surface area (Å²) in [6.45, 7) is 2.04. The Bertz CT molecular complexity index is 222. The van der Waals surface area contributed by atoms with E-state index >= 15 is 0 Å². The first kappa shape index (κ1) is 8.00. The second kappa shape index (κ2) is 3.34. The van der Waals surface area contributed by atoms with Crippen LogP contribution in [0.1, 0.15) is 31.7 Å². The zero-order valence-corrected chi connectivity index (χ0v) is 6.45. The number of rotatable bonds is 3. The number of nitrogens with zero attached hydrogens (tertiary/aromatic N) is 2. The van der Waals surface area contributed by atoms with Crippen LogP contribution >= 0.6 is 0 Å². The zero-order chi connectivity index (χ0) is 8.27. The summed E-state index contributed by atoms with van der Waals surface area (Å²) in [5.41, 5.74) is 10.9. The van der Waals surface area contributed by atoms with Crippen LogP contribution in [0.5, 0.6) is 0 Å². The first-order valence-corrected chi connectivity index (χ1v) is 3.58. The smallest absolute Gasteiger partial charge is 0.260 e. The van der Waals surface area contributed by atoms with Gasteiger partial charge in [0.15, 0.2) is 0 Å². The first-order valence-electron chi connectivity index (χ1n) is 3.58. The molecule has 1 atom stereocenters. The van der Waals surface area contributed by atoms with Crippen molar-refractivity contribution in [3.8, 4) is 0 Å². The molecule has 0 radical (unpaired) electrons. The van der Waals surface area contributed by atoms with Gasteiger partial charge in [0.2, 0.25) is 5.89 Å². The van der Waals surface area contributed by atoms with Gasteiger partial charge in [-0.1, -0.05) is 13.3 Å². The van der Waals surface area contributed by atoms with Crippen molar-refractivity contribution in [2.75, 3.05) is 5.73 Å². The SMILES string of the molecule is CCCC(N)c1nc(N)no1. The van der Waals surface area contributed by atoms with Crippen LogP contribution in [-0.4, -0.2) is 10.1 Å². The van der Waals surface area contributed by atoms with E-state index in [1.807, 2.05) is 6.92 Å². The number of hydrogen-bond donors (Lipinski definition) is 2. The minimum Gasteiger partial charge on any atom is -0.365 e. The Balaban J connectivity index is 2.60. The molecule has 0 aliphatic carbocycles. The Morgan fingerprint density at radius 2 is 2.36 bits per heavy atom. The zero-order valence-electron chi connectivity index (χ0n) is 6.45. The fourth-order valence-electron chi connectivity index (χ4n) is 0.832. The molecule has 0 spiro atoms. The summed E-state index contributed by atoms with van der Waals surface area (Å²) in [5.74, 6) is 0.566. The van der Waals surface area contributed by atoms with Gasteiger partial charge in [-0.05, 0) is 11.6 Å². The number of nitrogen functional groups attached to an aromatic ring is 1. The molecule has 1 aromatic rings. The monoisotopic (exact) mass is 156 g/mol. The van der Waals surface area contributed by atoms with Crippen molar-refractivity contribution in [2.45, 2.75) is 25.8 Å². The minimum absolute atomic E-state index is 0.145. The predicted molar refractivity (Wildman–Crippen MR) is 40.5 cm³/mol. The molecule has 1 aromatic heterocycles. The molecule has 1 unspecified atom stereocenters. The van der Waals surface area contributed by atoms with E-state index in [2.05, 4.69) is 10.1 Å². The topological polar surface area (TPSA) is 91.0 Å². The van der Waals surface area contributed by atoms with Gasteiger partial charge in [0, 0.05) is 0 Å². The number of anilines is 1. The molecule has 4 N–H and O–H groups in total. The van der Waals surface area contributed by atoms with Crippen molar-refractivity contribution >= 4 is 5.95 Å². The lowest BCUT2D eigenvalue weighted by atomic mass is 10.2. The van der Waals surface area contributed by atoms with Crippen molar-refractivity contribution in [3.63, 3.8) is 0 Å². The molecule has 11 heavy (non-hydrogen) atoms. The van der Waals surface area contributed by atoms with E-state index in [-0.39, 0.29) is 12.0 Å². The highest BCUT2D eigenvalue weighted by molar-refractivity contribution is 5.11. The summed E-state index contributed by atoms with van der Waals surface area (Å²) in [4.78, 5) is 3.80. The lowest BCUT2D eigenvalue weighted by Crippen LogP contribution is -2.10. The maximum Gasteiger partial charge on any atom is 0.260 e. The predicted octanol–water partition coefficient (Wildman–Crippen LogP) is 0.452. The van der Waals surface area contributed by atoms with Crippen molar-refractivity contribution < 1.29 is 4.52 Å². The molecule has 62 valence electrons. The van der Waals surface area contributed by atoms with Crippen LogP contribution in [0, 0.1) is 0 Å². The van der Waals surface area contributed by atoms with Crippen molar-refractivity contribution in [1.82, 2.24) is 10.1 Å². The van der Waals surface area contributed by atoms with E-state index < -0.39 is 0 Å². The van der Waals surface area contributed by atoms with Gasteiger partial charge in [-0.15, -0.1) is 0 Å². The normalized spacial score (nSPS) is 13.3. The standard InChI is InChI=1S/C6H12N4O/c1-2-3-4(7)5-9-6(8)10-11-5/h4H,2-3,7H2,1H3,(H2,8,10). The molecule has 0 aliphatic rings. The molecule has 0 amide bonds. The first-order chi connectivity index (χ1) is 5.24. The van der Waals surface area contributed by atoms with Gasteiger partial charge >= 0.3 is 0 Å². The van der Waals surface area contributed by atoms with Crippen LogP contribution in [-0.2, 0) is 0 Å². The number of hydrogen-bond acceptors (Lipinski definition) is 5.